The molecule has 0 bridgehead atoms. The monoisotopic (exact) mass is 476 g/mol. The quantitative estimate of drug-likeness (QED) is 0.377. The molecule has 0 unspecified atom stereocenters. The first-order chi connectivity index (χ1) is 11.5. The molecule has 1 aromatic carbocycles. The number of amides is 1. The molecule has 0 saturated carbocycles. The minimum atomic E-state index is 0. The molecule has 0 radical (unpaired) electrons. The number of aliphatic imine (C=N–C) groups is 1. The van der Waals surface area contributed by atoms with Crippen molar-refractivity contribution in [1.82, 2.24) is 10.6 Å². The van der Waals surface area contributed by atoms with Gasteiger partial charge in [-0.05, 0) is 45.1 Å². The average molecular weight is 476 g/mol. The number of carbonyl (C=O) groups is 1. The van der Waals surface area contributed by atoms with Crippen molar-refractivity contribution in [2.45, 2.75) is 31.9 Å². The third kappa shape index (κ3) is 6.36. The molecule has 0 aromatic heterocycles. The summed E-state index contributed by atoms with van der Waals surface area (Å²) in [7, 11) is 0. The van der Waals surface area contributed by atoms with E-state index in [2.05, 4.69) is 41.8 Å². The second-order valence-corrected chi connectivity index (χ2v) is 7.95. The fraction of sp³-hybridized carbons (Fsp3) is 0.556. The topological polar surface area (TPSA) is 56.7 Å². The van der Waals surface area contributed by atoms with E-state index in [1.165, 1.54) is 5.56 Å². The van der Waals surface area contributed by atoms with Gasteiger partial charge in [-0.15, -0.1) is 24.0 Å². The smallest absolute Gasteiger partial charge is 0.248 e. The van der Waals surface area contributed by atoms with Crippen LogP contribution in [0, 0.1) is 0 Å². The molecule has 140 valence electrons. The number of carbonyl (C=O) groups excluding carboxylic acids is 1. The molecule has 2 rings (SSSR count). The van der Waals surface area contributed by atoms with Gasteiger partial charge in [0, 0.05) is 30.1 Å². The molecular formula is C18H29IN4OS. The molecule has 0 fully saturated rings. The highest BCUT2D eigenvalue weighted by Gasteiger charge is 2.23. The zero-order valence-corrected chi connectivity index (χ0v) is 18.6. The van der Waals surface area contributed by atoms with E-state index in [1.54, 1.807) is 11.8 Å². The maximum absolute atomic E-state index is 12.5. The van der Waals surface area contributed by atoms with Gasteiger partial charge in [0.05, 0.1) is 0 Å². The first-order valence-electron chi connectivity index (χ1n) is 8.42. The lowest BCUT2D eigenvalue weighted by molar-refractivity contribution is -0.117. The standard InChI is InChI=1S/C18H28N4OS.HI/c1-5-19-17(21-13-18(2,3)24-4)20-12-16(23)22-11-10-14-8-6-7-9-15(14)22;/h6-9H,5,10-13H2,1-4H3,(H2,19,20,21);1H. The van der Waals surface area contributed by atoms with Gasteiger partial charge >= 0.3 is 0 Å². The fourth-order valence-electron chi connectivity index (χ4n) is 2.54. The van der Waals surface area contributed by atoms with Crippen molar-refractivity contribution in [2.75, 3.05) is 37.3 Å². The van der Waals surface area contributed by atoms with Crippen molar-refractivity contribution in [3.63, 3.8) is 0 Å². The Kier molecular flexibility index (Phi) is 9.06. The van der Waals surface area contributed by atoms with Crippen LogP contribution in [0.15, 0.2) is 29.3 Å². The Bertz CT molecular complexity index is 606. The van der Waals surface area contributed by atoms with Gasteiger partial charge in [0.15, 0.2) is 5.96 Å². The summed E-state index contributed by atoms with van der Waals surface area (Å²) in [5.74, 6) is 0.738. The van der Waals surface area contributed by atoms with E-state index < -0.39 is 0 Å². The molecule has 1 heterocycles. The summed E-state index contributed by atoms with van der Waals surface area (Å²) in [6, 6.07) is 8.09. The third-order valence-corrected chi connectivity index (χ3v) is 5.39. The Morgan fingerprint density at radius 2 is 2.04 bits per heavy atom. The van der Waals surface area contributed by atoms with Crippen LogP contribution in [0.25, 0.3) is 0 Å². The molecule has 1 aliphatic rings. The van der Waals surface area contributed by atoms with Crippen LogP contribution < -0.4 is 15.5 Å². The van der Waals surface area contributed by atoms with Gasteiger partial charge in [0.2, 0.25) is 5.91 Å². The molecule has 7 heteroatoms. The van der Waals surface area contributed by atoms with Crippen molar-refractivity contribution >= 4 is 53.3 Å². The molecule has 0 aliphatic carbocycles. The zero-order valence-electron chi connectivity index (χ0n) is 15.5. The van der Waals surface area contributed by atoms with Crippen LogP contribution in [0.1, 0.15) is 26.3 Å². The number of rotatable bonds is 6. The number of guanidine groups is 1. The number of hydrogen-bond donors (Lipinski definition) is 2. The number of halogens is 1. The number of anilines is 1. The van der Waals surface area contributed by atoms with Gasteiger partial charge in [-0.25, -0.2) is 4.99 Å². The Balaban J connectivity index is 0.00000312. The highest BCUT2D eigenvalue weighted by molar-refractivity contribution is 14.0. The van der Waals surface area contributed by atoms with Gasteiger partial charge in [0.25, 0.3) is 0 Å². The molecule has 1 aliphatic heterocycles. The number of fused-ring (bicyclic) bond motifs is 1. The van der Waals surface area contributed by atoms with Gasteiger partial charge in [-0.1, -0.05) is 18.2 Å². The Labute approximate surface area is 172 Å². The second-order valence-electron chi connectivity index (χ2n) is 6.44. The number of nitrogens with one attached hydrogen (secondary N) is 2. The number of hydrogen-bond acceptors (Lipinski definition) is 3. The molecule has 0 spiro atoms. The van der Waals surface area contributed by atoms with E-state index in [0.717, 1.165) is 31.7 Å². The molecule has 5 nitrogen and oxygen atoms in total. The van der Waals surface area contributed by atoms with Crippen LogP contribution >= 0.6 is 35.7 Å². The minimum Gasteiger partial charge on any atom is -0.357 e. The van der Waals surface area contributed by atoms with Gasteiger partial charge in [-0.2, -0.15) is 11.8 Å². The lowest BCUT2D eigenvalue weighted by Crippen LogP contribution is -2.44. The lowest BCUT2D eigenvalue weighted by atomic mass is 10.2. The number of para-hydroxylation sites is 1. The maximum atomic E-state index is 12.5. The van der Waals surface area contributed by atoms with E-state index in [9.17, 15) is 4.79 Å². The Morgan fingerprint density at radius 1 is 1.32 bits per heavy atom. The normalized spacial score (nSPS) is 13.9. The van der Waals surface area contributed by atoms with E-state index in [4.69, 9.17) is 0 Å². The number of thioether (sulfide) groups is 1. The van der Waals surface area contributed by atoms with E-state index in [1.807, 2.05) is 30.0 Å². The first-order valence-corrected chi connectivity index (χ1v) is 9.65. The largest absolute Gasteiger partial charge is 0.357 e. The number of benzene rings is 1. The summed E-state index contributed by atoms with van der Waals surface area (Å²) in [5.41, 5.74) is 2.26. The van der Waals surface area contributed by atoms with Crippen LogP contribution in [0.2, 0.25) is 0 Å². The summed E-state index contributed by atoms with van der Waals surface area (Å²) in [4.78, 5) is 18.8. The summed E-state index contributed by atoms with van der Waals surface area (Å²) >= 11 is 1.80. The van der Waals surface area contributed by atoms with E-state index >= 15 is 0 Å². The second kappa shape index (κ2) is 10.3. The van der Waals surface area contributed by atoms with Crippen LogP contribution in [0.4, 0.5) is 5.69 Å². The van der Waals surface area contributed by atoms with Crippen molar-refractivity contribution in [1.29, 1.82) is 0 Å². The van der Waals surface area contributed by atoms with Crippen molar-refractivity contribution in [3.8, 4) is 0 Å². The Morgan fingerprint density at radius 3 is 2.72 bits per heavy atom. The molecular weight excluding hydrogens is 447 g/mol. The summed E-state index contributed by atoms with van der Waals surface area (Å²) in [6.07, 6.45) is 3.02. The predicted molar refractivity (Wildman–Crippen MR) is 119 cm³/mol. The van der Waals surface area contributed by atoms with Crippen molar-refractivity contribution in [2.24, 2.45) is 4.99 Å². The molecule has 25 heavy (non-hydrogen) atoms. The summed E-state index contributed by atoms with van der Waals surface area (Å²) in [6.45, 7) is 8.85. The van der Waals surface area contributed by atoms with Crippen molar-refractivity contribution < 1.29 is 4.79 Å². The summed E-state index contributed by atoms with van der Waals surface area (Å²) < 4.78 is 0.119. The third-order valence-electron chi connectivity index (χ3n) is 4.14. The highest BCUT2D eigenvalue weighted by Crippen LogP contribution is 2.27. The predicted octanol–water partition coefficient (Wildman–Crippen LogP) is 2.89. The van der Waals surface area contributed by atoms with Crippen LogP contribution in [0.3, 0.4) is 0 Å². The van der Waals surface area contributed by atoms with E-state index in [-0.39, 0.29) is 41.2 Å². The van der Waals surface area contributed by atoms with Crippen LogP contribution in [0.5, 0.6) is 0 Å². The zero-order chi connectivity index (χ0) is 17.6. The fourth-order valence-corrected chi connectivity index (χ4v) is 2.76. The average Bonchev–Trinajstić information content (AvgIpc) is 3.01. The van der Waals surface area contributed by atoms with Crippen LogP contribution in [-0.2, 0) is 11.2 Å². The maximum Gasteiger partial charge on any atom is 0.248 e. The lowest BCUT2D eigenvalue weighted by Gasteiger charge is -2.24. The van der Waals surface area contributed by atoms with E-state index in [0.29, 0.717) is 5.96 Å². The van der Waals surface area contributed by atoms with Gasteiger partial charge < -0.3 is 15.5 Å². The SMILES string of the molecule is CCNC(=NCC(=O)N1CCc2ccccc21)NCC(C)(C)SC.I. The molecule has 1 aromatic rings. The molecule has 2 N–H and O–H groups in total. The molecule has 1 amide bonds. The molecule has 0 saturated heterocycles. The van der Waals surface area contributed by atoms with Gasteiger partial charge in [0.1, 0.15) is 6.54 Å². The Hall–Kier alpha value is -0.960. The highest BCUT2D eigenvalue weighted by atomic mass is 127. The van der Waals surface area contributed by atoms with Gasteiger partial charge in [-0.3, -0.25) is 4.79 Å². The number of nitrogens with zero attached hydrogens (tertiary/aromatic N) is 2. The van der Waals surface area contributed by atoms with Crippen LogP contribution in [-0.4, -0.2) is 49.0 Å². The molecule has 0 atom stereocenters. The van der Waals surface area contributed by atoms with Crippen molar-refractivity contribution in [3.05, 3.63) is 29.8 Å². The first kappa shape index (κ1) is 22.1. The summed E-state index contributed by atoms with van der Waals surface area (Å²) in [5, 5.41) is 6.53. The minimum absolute atomic E-state index is 0.